The van der Waals surface area contributed by atoms with Gasteiger partial charge in [-0.05, 0) is 61.7 Å². The van der Waals surface area contributed by atoms with Crippen molar-refractivity contribution in [2.45, 2.75) is 26.3 Å². The molecule has 0 aliphatic carbocycles. The van der Waals surface area contributed by atoms with Crippen LogP contribution >= 0.6 is 11.8 Å². The van der Waals surface area contributed by atoms with Crippen LogP contribution in [0.15, 0.2) is 61.2 Å². The molecule has 2 aromatic carbocycles. The Bertz CT molecular complexity index is 823. The highest BCUT2D eigenvalue weighted by molar-refractivity contribution is 7.99. The fraction of sp³-hybridized carbons (Fsp3) is 0.304. The molecule has 2 aromatic rings. The summed E-state index contributed by atoms with van der Waals surface area (Å²) in [6, 6.07) is 15.0. The van der Waals surface area contributed by atoms with Crippen molar-refractivity contribution in [2.24, 2.45) is 0 Å². The molecule has 0 spiro atoms. The molecule has 0 aromatic heterocycles. The number of hydrogen-bond donors (Lipinski definition) is 1. The van der Waals surface area contributed by atoms with Gasteiger partial charge in [0.25, 0.3) is 0 Å². The van der Waals surface area contributed by atoms with Gasteiger partial charge in [0, 0.05) is 22.8 Å². The summed E-state index contributed by atoms with van der Waals surface area (Å²) in [7, 11) is 0. The molecule has 0 bridgehead atoms. The Balaban J connectivity index is 1.96. The molecule has 0 unspecified atom stereocenters. The second-order valence-corrected chi connectivity index (χ2v) is 8.07. The van der Waals surface area contributed by atoms with E-state index in [0.29, 0.717) is 6.61 Å². The third-order valence-corrected chi connectivity index (χ3v) is 5.32. The van der Waals surface area contributed by atoms with Gasteiger partial charge in [-0.1, -0.05) is 30.4 Å². The van der Waals surface area contributed by atoms with Crippen LogP contribution in [-0.4, -0.2) is 23.7 Å². The zero-order valence-corrected chi connectivity index (χ0v) is 16.7. The first kappa shape index (κ1) is 18.7. The van der Waals surface area contributed by atoms with Crippen LogP contribution < -0.4 is 10.1 Å². The van der Waals surface area contributed by atoms with Gasteiger partial charge in [-0.3, -0.25) is 0 Å². The maximum absolute atomic E-state index is 5.66. The topological polar surface area (TPSA) is 21.3 Å². The number of hydrogen-bond acceptors (Lipinski definition) is 3. The molecule has 136 valence electrons. The van der Waals surface area contributed by atoms with E-state index in [2.05, 4.69) is 68.2 Å². The lowest BCUT2D eigenvalue weighted by molar-refractivity contribution is 0.340. The van der Waals surface area contributed by atoms with Crippen molar-refractivity contribution >= 4 is 23.0 Å². The average Bonchev–Trinajstić information content (AvgIpc) is 2.61. The molecule has 0 radical (unpaired) electrons. The lowest BCUT2D eigenvalue weighted by Crippen LogP contribution is -2.32. The van der Waals surface area contributed by atoms with E-state index >= 15 is 0 Å². The zero-order chi connectivity index (χ0) is 18.6. The van der Waals surface area contributed by atoms with Crippen LogP contribution in [-0.2, 0) is 0 Å². The largest absolute Gasteiger partial charge is 0.494 e. The summed E-state index contributed by atoms with van der Waals surface area (Å²) in [5.74, 6) is 2.88. The molecule has 0 amide bonds. The van der Waals surface area contributed by atoms with Gasteiger partial charge in [-0.15, -0.1) is 6.58 Å². The van der Waals surface area contributed by atoms with Gasteiger partial charge in [0.05, 0.1) is 12.1 Å². The number of nitrogens with one attached hydrogen (secondary N) is 1. The fourth-order valence-electron chi connectivity index (χ4n) is 3.30. The Labute approximate surface area is 161 Å². The summed E-state index contributed by atoms with van der Waals surface area (Å²) < 4.78 is 5.66. The molecule has 3 rings (SSSR count). The highest BCUT2D eigenvalue weighted by Gasteiger charge is 2.24. The first-order valence-electron chi connectivity index (χ1n) is 9.08. The van der Waals surface area contributed by atoms with E-state index in [1.165, 1.54) is 28.0 Å². The molecule has 1 heterocycles. The lowest BCUT2D eigenvalue weighted by atomic mass is 9.89. The molecule has 0 saturated heterocycles. The van der Waals surface area contributed by atoms with Gasteiger partial charge < -0.3 is 10.1 Å². The summed E-state index contributed by atoms with van der Waals surface area (Å²) in [5, 5.41) is 3.64. The quantitative estimate of drug-likeness (QED) is 0.462. The number of fused-ring (bicyclic) bond motifs is 1. The van der Waals surface area contributed by atoms with Crippen LogP contribution in [0.5, 0.6) is 5.75 Å². The Kier molecular flexibility index (Phi) is 5.77. The van der Waals surface area contributed by atoms with E-state index in [1.807, 2.05) is 30.8 Å². The van der Waals surface area contributed by atoms with E-state index in [-0.39, 0.29) is 5.54 Å². The third kappa shape index (κ3) is 4.34. The van der Waals surface area contributed by atoms with Gasteiger partial charge in [-0.2, -0.15) is 11.8 Å². The van der Waals surface area contributed by atoms with Gasteiger partial charge in [0.15, 0.2) is 0 Å². The minimum atomic E-state index is -0.0343. The second kappa shape index (κ2) is 8.05. The Morgan fingerprint density at radius 1 is 1.15 bits per heavy atom. The van der Waals surface area contributed by atoms with E-state index in [4.69, 9.17) is 4.74 Å². The van der Waals surface area contributed by atoms with E-state index in [9.17, 15) is 0 Å². The molecular formula is C23H27NOS. The minimum absolute atomic E-state index is 0.0343. The van der Waals surface area contributed by atoms with Crippen molar-refractivity contribution in [1.29, 1.82) is 0 Å². The number of anilines is 1. The number of thioether (sulfide) groups is 1. The predicted octanol–water partition coefficient (Wildman–Crippen LogP) is 6.26. The number of rotatable bonds is 7. The number of ether oxygens (including phenoxy) is 1. The molecule has 0 atom stereocenters. The highest BCUT2D eigenvalue weighted by Crippen LogP contribution is 2.38. The van der Waals surface area contributed by atoms with Crippen molar-refractivity contribution in [3.8, 4) is 16.9 Å². The molecule has 1 N–H and O–H groups in total. The van der Waals surface area contributed by atoms with E-state index < -0.39 is 0 Å². The maximum Gasteiger partial charge on any atom is 0.119 e. The SMILES string of the molecule is C=CCSCC1=CC(C)(C)Nc2ccc(-c3cccc(OCC)c3)cc21. The molecule has 3 heteroatoms. The van der Waals surface area contributed by atoms with Crippen molar-refractivity contribution in [3.63, 3.8) is 0 Å². The van der Waals surface area contributed by atoms with Gasteiger partial charge in [0.2, 0.25) is 0 Å². The monoisotopic (exact) mass is 365 g/mol. The van der Waals surface area contributed by atoms with Gasteiger partial charge >= 0.3 is 0 Å². The predicted molar refractivity (Wildman–Crippen MR) is 116 cm³/mol. The number of benzene rings is 2. The molecule has 0 fully saturated rings. The van der Waals surface area contributed by atoms with Crippen molar-refractivity contribution in [1.82, 2.24) is 0 Å². The summed E-state index contributed by atoms with van der Waals surface area (Å²) >= 11 is 1.90. The van der Waals surface area contributed by atoms with Crippen LogP contribution in [0.1, 0.15) is 26.3 Å². The average molecular weight is 366 g/mol. The van der Waals surface area contributed by atoms with Crippen LogP contribution in [0, 0.1) is 0 Å². The molecule has 1 aliphatic heterocycles. The molecule has 1 aliphatic rings. The first-order valence-corrected chi connectivity index (χ1v) is 10.2. The van der Waals surface area contributed by atoms with Crippen LogP contribution in [0.2, 0.25) is 0 Å². The van der Waals surface area contributed by atoms with Crippen molar-refractivity contribution < 1.29 is 4.74 Å². The second-order valence-electron chi connectivity index (χ2n) is 7.04. The van der Waals surface area contributed by atoms with Gasteiger partial charge in [-0.25, -0.2) is 0 Å². The fourth-order valence-corrected chi connectivity index (χ4v) is 4.04. The van der Waals surface area contributed by atoms with Crippen molar-refractivity contribution in [2.75, 3.05) is 23.4 Å². The smallest absolute Gasteiger partial charge is 0.119 e. The first-order chi connectivity index (χ1) is 12.5. The summed E-state index contributed by atoms with van der Waals surface area (Å²) in [6.45, 7) is 11.0. The van der Waals surface area contributed by atoms with Crippen LogP contribution in [0.25, 0.3) is 16.7 Å². The van der Waals surface area contributed by atoms with Crippen LogP contribution in [0.4, 0.5) is 5.69 Å². The maximum atomic E-state index is 5.66. The standard InChI is InChI=1S/C23H27NOS/c1-5-12-26-16-19-15-23(3,4)24-22-11-10-18(14-21(19)22)17-8-7-9-20(13-17)25-6-2/h5,7-11,13-15,24H,1,6,12,16H2,2-4H3. The summed E-state index contributed by atoms with van der Waals surface area (Å²) in [6.07, 6.45) is 4.32. The van der Waals surface area contributed by atoms with Gasteiger partial charge in [0.1, 0.15) is 5.75 Å². The van der Waals surface area contributed by atoms with Crippen molar-refractivity contribution in [3.05, 3.63) is 66.8 Å². The van der Waals surface area contributed by atoms with E-state index in [1.54, 1.807) is 0 Å². The summed E-state index contributed by atoms with van der Waals surface area (Å²) in [5.41, 5.74) is 6.25. The highest BCUT2D eigenvalue weighted by atomic mass is 32.2. The Hall–Kier alpha value is -2.13. The van der Waals surface area contributed by atoms with E-state index in [0.717, 1.165) is 17.3 Å². The zero-order valence-electron chi connectivity index (χ0n) is 15.8. The molecule has 2 nitrogen and oxygen atoms in total. The minimum Gasteiger partial charge on any atom is -0.494 e. The van der Waals surface area contributed by atoms with Crippen LogP contribution in [0.3, 0.4) is 0 Å². The molecule has 26 heavy (non-hydrogen) atoms. The lowest BCUT2D eigenvalue weighted by Gasteiger charge is -2.32. The normalized spacial score (nSPS) is 14.8. The Morgan fingerprint density at radius 2 is 1.96 bits per heavy atom. The molecular weight excluding hydrogens is 338 g/mol. The molecule has 0 saturated carbocycles. The Morgan fingerprint density at radius 3 is 2.73 bits per heavy atom. The third-order valence-electron chi connectivity index (χ3n) is 4.33. The summed E-state index contributed by atoms with van der Waals surface area (Å²) in [4.78, 5) is 0.